The van der Waals surface area contributed by atoms with E-state index in [0.29, 0.717) is 0 Å². The molecule has 0 bridgehead atoms. The zero-order valence-corrected chi connectivity index (χ0v) is 29.2. The summed E-state index contributed by atoms with van der Waals surface area (Å²) in [4.78, 5) is 0. The van der Waals surface area contributed by atoms with Crippen molar-refractivity contribution >= 4 is 10.8 Å². The van der Waals surface area contributed by atoms with Crippen molar-refractivity contribution in [2.75, 3.05) is 0 Å². The first-order chi connectivity index (χ1) is 23.6. The molecule has 0 atom stereocenters. The molecule has 0 heteroatoms. The molecule has 0 heterocycles. The van der Waals surface area contributed by atoms with Crippen molar-refractivity contribution in [3.63, 3.8) is 0 Å². The standard InChI is InChI=1S/C49H40/c1-47(2)40-23-31(29-15-9-7-10-16-29)21-22-33(40)36-25-42-37(26-41(36)47)38-27-44-39(28-43(38)48(42,3)4)46-34-20-14-13-19-32(34)35(24-45(46)49(44,5)6)30-17-11-8-12-18-30/h7-28H,1-6H3. The molecule has 7 aromatic rings. The number of hydrogen-bond donors (Lipinski definition) is 0. The van der Waals surface area contributed by atoms with Crippen LogP contribution in [0.4, 0.5) is 0 Å². The van der Waals surface area contributed by atoms with E-state index in [0.717, 1.165) is 0 Å². The molecule has 0 spiro atoms. The van der Waals surface area contributed by atoms with E-state index in [1.165, 1.54) is 99.8 Å². The van der Waals surface area contributed by atoms with Crippen LogP contribution in [0.3, 0.4) is 0 Å². The average Bonchev–Trinajstić information content (AvgIpc) is 3.59. The van der Waals surface area contributed by atoms with Gasteiger partial charge in [0, 0.05) is 16.2 Å². The second-order valence-corrected chi connectivity index (χ2v) is 16.1. The van der Waals surface area contributed by atoms with E-state index in [9.17, 15) is 0 Å². The first kappa shape index (κ1) is 28.8. The van der Waals surface area contributed by atoms with Gasteiger partial charge in [0.15, 0.2) is 0 Å². The van der Waals surface area contributed by atoms with Crippen molar-refractivity contribution in [3.05, 3.63) is 167 Å². The quantitative estimate of drug-likeness (QED) is 0.179. The summed E-state index contributed by atoms with van der Waals surface area (Å²) in [5.74, 6) is 0. The smallest absolute Gasteiger partial charge is 0.0159 e. The Balaban J connectivity index is 1.17. The maximum Gasteiger partial charge on any atom is 0.0159 e. The summed E-state index contributed by atoms with van der Waals surface area (Å²) in [6.45, 7) is 14.6. The van der Waals surface area contributed by atoms with Crippen LogP contribution >= 0.6 is 0 Å². The molecule has 0 N–H and O–H groups in total. The molecule has 10 rings (SSSR count). The molecule has 0 aliphatic heterocycles. The fraction of sp³-hybridized carbons (Fsp3) is 0.184. The van der Waals surface area contributed by atoms with Crippen LogP contribution in [0.25, 0.3) is 66.4 Å². The van der Waals surface area contributed by atoms with Crippen molar-refractivity contribution in [2.45, 2.75) is 57.8 Å². The minimum absolute atomic E-state index is 0.0869. The molecule has 0 saturated heterocycles. The van der Waals surface area contributed by atoms with Crippen LogP contribution in [0.1, 0.15) is 74.9 Å². The molecule has 0 nitrogen and oxygen atoms in total. The molecule has 0 unspecified atom stereocenters. The van der Waals surface area contributed by atoms with Gasteiger partial charge in [0.2, 0.25) is 0 Å². The first-order valence-electron chi connectivity index (χ1n) is 17.8. The van der Waals surface area contributed by atoms with Gasteiger partial charge in [-0.2, -0.15) is 0 Å². The predicted molar refractivity (Wildman–Crippen MR) is 208 cm³/mol. The SMILES string of the molecule is CC1(C)c2cc(-c3ccccc3)ccc2-c2cc3c(cc21)-c1cc2c(cc1C3(C)C)-c1c(cc(-c3ccccc3)c3ccccc13)C2(C)C. The van der Waals surface area contributed by atoms with Gasteiger partial charge in [-0.3, -0.25) is 0 Å². The molecule has 0 fully saturated rings. The summed E-state index contributed by atoms with van der Waals surface area (Å²) >= 11 is 0. The predicted octanol–water partition coefficient (Wildman–Crippen LogP) is 13.1. The third-order valence-electron chi connectivity index (χ3n) is 12.5. The monoisotopic (exact) mass is 628 g/mol. The summed E-state index contributed by atoms with van der Waals surface area (Å²) in [6.07, 6.45) is 0. The normalized spacial score (nSPS) is 16.4. The molecule has 236 valence electrons. The number of hydrogen-bond acceptors (Lipinski definition) is 0. The Labute approximate surface area is 290 Å². The highest BCUT2D eigenvalue weighted by Gasteiger charge is 2.45. The van der Waals surface area contributed by atoms with Gasteiger partial charge >= 0.3 is 0 Å². The largest absolute Gasteiger partial charge is 0.0622 e. The lowest BCUT2D eigenvalue weighted by atomic mass is 9.78. The molecular formula is C49H40. The fourth-order valence-electron chi connectivity index (χ4n) is 9.70. The summed E-state index contributed by atoms with van der Waals surface area (Å²) in [5, 5.41) is 2.68. The summed E-state index contributed by atoms with van der Waals surface area (Å²) in [5.41, 5.74) is 21.9. The fourth-order valence-corrected chi connectivity index (χ4v) is 9.70. The van der Waals surface area contributed by atoms with E-state index in [-0.39, 0.29) is 16.2 Å². The zero-order chi connectivity index (χ0) is 33.4. The molecule has 3 aliphatic carbocycles. The van der Waals surface area contributed by atoms with E-state index in [1.807, 2.05) is 0 Å². The van der Waals surface area contributed by atoms with Crippen LogP contribution in [0, 0.1) is 0 Å². The number of benzene rings is 7. The van der Waals surface area contributed by atoms with Crippen LogP contribution in [-0.2, 0) is 16.2 Å². The van der Waals surface area contributed by atoms with Gasteiger partial charge in [-0.1, -0.05) is 139 Å². The van der Waals surface area contributed by atoms with Crippen LogP contribution < -0.4 is 0 Å². The minimum atomic E-state index is -0.125. The van der Waals surface area contributed by atoms with Gasteiger partial charge in [0.25, 0.3) is 0 Å². The van der Waals surface area contributed by atoms with E-state index in [4.69, 9.17) is 0 Å². The van der Waals surface area contributed by atoms with E-state index < -0.39 is 0 Å². The van der Waals surface area contributed by atoms with Crippen molar-refractivity contribution in [1.82, 2.24) is 0 Å². The molecule has 0 saturated carbocycles. The van der Waals surface area contributed by atoms with E-state index >= 15 is 0 Å². The second-order valence-electron chi connectivity index (χ2n) is 16.1. The lowest BCUT2D eigenvalue weighted by molar-refractivity contribution is 0.649. The highest BCUT2D eigenvalue weighted by Crippen LogP contribution is 2.60. The van der Waals surface area contributed by atoms with Crippen molar-refractivity contribution in [3.8, 4) is 55.6 Å². The van der Waals surface area contributed by atoms with Gasteiger partial charge < -0.3 is 0 Å². The zero-order valence-electron chi connectivity index (χ0n) is 29.2. The molecule has 0 radical (unpaired) electrons. The van der Waals surface area contributed by atoms with Crippen LogP contribution in [0.5, 0.6) is 0 Å². The Morgan fingerprint density at radius 2 is 0.714 bits per heavy atom. The van der Waals surface area contributed by atoms with E-state index in [1.54, 1.807) is 0 Å². The van der Waals surface area contributed by atoms with Crippen LogP contribution in [-0.4, -0.2) is 0 Å². The van der Waals surface area contributed by atoms with Crippen molar-refractivity contribution in [2.24, 2.45) is 0 Å². The molecule has 7 aromatic carbocycles. The van der Waals surface area contributed by atoms with Gasteiger partial charge in [-0.15, -0.1) is 0 Å². The lowest BCUT2D eigenvalue weighted by Crippen LogP contribution is -2.17. The maximum absolute atomic E-state index is 2.57. The summed E-state index contributed by atoms with van der Waals surface area (Å²) in [6, 6.07) is 50.6. The summed E-state index contributed by atoms with van der Waals surface area (Å²) in [7, 11) is 0. The Kier molecular flexibility index (Phi) is 5.57. The highest BCUT2D eigenvalue weighted by atomic mass is 14.5. The average molecular weight is 629 g/mol. The third kappa shape index (κ3) is 3.70. The number of rotatable bonds is 2. The van der Waals surface area contributed by atoms with Gasteiger partial charge in [-0.05, 0) is 136 Å². The highest BCUT2D eigenvalue weighted by molar-refractivity contribution is 6.09. The number of fused-ring (bicyclic) bond motifs is 11. The molecule has 0 aromatic heterocycles. The third-order valence-corrected chi connectivity index (χ3v) is 12.5. The topological polar surface area (TPSA) is 0 Å². The minimum Gasteiger partial charge on any atom is -0.0622 e. The maximum atomic E-state index is 2.57. The van der Waals surface area contributed by atoms with Crippen LogP contribution in [0.2, 0.25) is 0 Å². The molecule has 49 heavy (non-hydrogen) atoms. The van der Waals surface area contributed by atoms with Crippen LogP contribution in [0.15, 0.2) is 133 Å². The Bertz CT molecular complexity index is 2540. The van der Waals surface area contributed by atoms with Gasteiger partial charge in [0.1, 0.15) is 0 Å². The van der Waals surface area contributed by atoms with Crippen molar-refractivity contribution < 1.29 is 0 Å². The Morgan fingerprint density at radius 3 is 1.33 bits per heavy atom. The Hall–Kier alpha value is -5.20. The van der Waals surface area contributed by atoms with Gasteiger partial charge in [0.05, 0.1) is 0 Å². The second kappa shape index (κ2) is 9.48. The molecule has 3 aliphatic rings. The van der Waals surface area contributed by atoms with E-state index in [2.05, 4.69) is 175 Å². The Morgan fingerprint density at radius 1 is 0.286 bits per heavy atom. The first-order valence-corrected chi connectivity index (χ1v) is 17.8. The lowest BCUT2D eigenvalue weighted by Gasteiger charge is -2.25. The van der Waals surface area contributed by atoms with Crippen molar-refractivity contribution in [1.29, 1.82) is 0 Å². The van der Waals surface area contributed by atoms with Gasteiger partial charge in [-0.25, -0.2) is 0 Å². The summed E-state index contributed by atoms with van der Waals surface area (Å²) < 4.78 is 0. The molecular weight excluding hydrogens is 589 g/mol. The molecule has 0 amide bonds.